The Kier molecular flexibility index (Phi) is 2.48. The highest BCUT2D eigenvalue weighted by molar-refractivity contribution is 9.10. The van der Waals surface area contributed by atoms with Gasteiger partial charge in [0.15, 0.2) is 0 Å². The minimum absolute atomic E-state index is 0.977. The molecule has 2 heterocycles. The van der Waals surface area contributed by atoms with Gasteiger partial charge in [-0.15, -0.1) is 0 Å². The van der Waals surface area contributed by atoms with Crippen LogP contribution >= 0.6 is 15.9 Å². The second kappa shape index (κ2) is 4.00. The fraction of sp³-hybridized carbons (Fsp3) is 0.0714. The highest BCUT2D eigenvalue weighted by atomic mass is 79.9. The predicted molar refractivity (Wildman–Crippen MR) is 73.1 cm³/mol. The summed E-state index contributed by atoms with van der Waals surface area (Å²) in [6, 6.07) is 12.3. The number of aromatic nitrogens is 2. The first-order valence-electron chi connectivity index (χ1n) is 5.44. The van der Waals surface area contributed by atoms with Crippen LogP contribution in [-0.4, -0.2) is 9.38 Å². The summed E-state index contributed by atoms with van der Waals surface area (Å²) in [6.07, 6.45) is 4.15. The van der Waals surface area contributed by atoms with Crippen molar-refractivity contribution in [2.75, 3.05) is 0 Å². The number of pyridine rings is 1. The number of hydrogen-bond acceptors (Lipinski definition) is 1. The molecule has 0 N–H and O–H groups in total. The Morgan fingerprint density at radius 1 is 1.12 bits per heavy atom. The van der Waals surface area contributed by atoms with Gasteiger partial charge in [0.05, 0.1) is 5.69 Å². The molecule has 3 heteroatoms. The van der Waals surface area contributed by atoms with Crippen LogP contribution in [0.5, 0.6) is 0 Å². The molecular formula is C14H11BrN2. The topological polar surface area (TPSA) is 17.3 Å². The molecule has 84 valence electrons. The average Bonchev–Trinajstić information content (AvgIpc) is 2.72. The van der Waals surface area contributed by atoms with Crippen molar-refractivity contribution in [3.8, 4) is 11.3 Å². The molecule has 2 nitrogen and oxygen atoms in total. The number of nitrogens with zero attached hydrogens (tertiary/aromatic N) is 2. The standard InChI is InChI=1S/C14H11BrN2/c1-10-5-6-14-16-13(9-17(14)8-10)11-3-2-4-12(15)7-11/h2-9H,1H3. The molecule has 0 saturated carbocycles. The zero-order valence-corrected chi connectivity index (χ0v) is 11.0. The van der Waals surface area contributed by atoms with Crippen LogP contribution in [-0.2, 0) is 0 Å². The zero-order chi connectivity index (χ0) is 11.8. The maximum absolute atomic E-state index is 4.61. The second-order valence-electron chi connectivity index (χ2n) is 4.11. The summed E-state index contributed by atoms with van der Waals surface area (Å²) in [6.45, 7) is 2.08. The summed E-state index contributed by atoms with van der Waals surface area (Å²) in [5.41, 5.74) is 4.33. The molecule has 0 radical (unpaired) electrons. The van der Waals surface area contributed by atoms with E-state index in [9.17, 15) is 0 Å². The zero-order valence-electron chi connectivity index (χ0n) is 9.39. The van der Waals surface area contributed by atoms with Gasteiger partial charge >= 0.3 is 0 Å². The lowest BCUT2D eigenvalue weighted by molar-refractivity contribution is 1.16. The molecule has 3 aromatic rings. The van der Waals surface area contributed by atoms with Gasteiger partial charge in [0, 0.05) is 22.4 Å². The molecule has 0 saturated heterocycles. The van der Waals surface area contributed by atoms with Crippen molar-refractivity contribution in [2.45, 2.75) is 6.92 Å². The number of benzene rings is 1. The minimum atomic E-state index is 0.977. The van der Waals surface area contributed by atoms with E-state index in [1.807, 2.05) is 18.2 Å². The van der Waals surface area contributed by atoms with E-state index in [0.717, 1.165) is 21.4 Å². The average molecular weight is 287 g/mol. The van der Waals surface area contributed by atoms with Crippen molar-refractivity contribution in [3.05, 3.63) is 58.8 Å². The molecule has 0 aliphatic heterocycles. The normalized spacial score (nSPS) is 10.9. The molecule has 3 rings (SSSR count). The third-order valence-electron chi connectivity index (χ3n) is 2.72. The van der Waals surface area contributed by atoms with E-state index in [-0.39, 0.29) is 0 Å². The molecule has 0 bridgehead atoms. The van der Waals surface area contributed by atoms with Crippen LogP contribution in [0.2, 0.25) is 0 Å². The van der Waals surface area contributed by atoms with Gasteiger partial charge < -0.3 is 4.40 Å². The van der Waals surface area contributed by atoms with Gasteiger partial charge in [-0.05, 0) is 30.7 Å². The number of imidazole rings is 1. The van der Waals surface area contributed by atoms with Crippen LogP contribution in [0.15, 0.2) is 53.3 Å². The summed E-state index contributed by atoms with van der Waals surface area (Å²) in [5, 5.41) is 0. The van der Waals surface area contributed by atoms with Crippen LogP contribution in [0.1, 0.15) is 5.56 Å². The lowest BCUT2D eigenvalue weighted by atomic mass is 10.2. The molecule has 0 spiro atoms. The Hall–Kier alpha value is -1.61. The number of fused-ring (bicyclic) bond motifs is 1. The molecule has 0 fully saturated rings. The molecule has 0 unspecified atom stereocenters. The maximum atomic E-state index is 4.61. The Labute approximate surface area is 108 Å². The van der Waals surface area contributed by atoms with Gasteiger partial charge in [-0.25, -0.2) is 4.98 Å². The summed E-state index contributed by atoms with van der Waals surface area (Å²) >= 11 is 3.48. The number of rotatable bonds is 1. The molecule has 0 aliphatic rings. The summed E-state index contributed by atoms with van der Waals surface area (Å²) < 4.78 is 3.13. The van der Waals surface area contributed by atoms with E-state index < -0.39 is 0 Å². The molecule has 0 atom stereocenters. The fourth-order valence-corrected chi connectivity index (χ4v) is 2.29. The van der Waals surface area contributed by atoms with Crippen LogP contribution in [0.3, 0.4) is 0 Å². The second-order valence-corrected chi connectivity index (χ2v) is 5.02. The first kappa shape index (κ1) is 10.5. The van der Waals surface area contributed by atoms with Gasteiger partial charge in [-0.2, -0.15) is 0 Å². The third-order valence-corrected chi connectivity index (χ3v) is 3.21. The van der Waals surface area contributed by atoms with Crippen molar-refractivity contribution in [2.24, 2.45) is 0 Å². The van der Waals surface area contributed by atoms with Crippen molar-refractivity contribution in [1.29, 1.82) is 0 Å². The van der Waals surface area contributed by atoms with Crippen LogP contribution in [0.25, 0.3) is 16.9 Å². The highest BCUT2D eigenvalue weighted by Gasteiger charge is 2.04. The SMILES string of the molecule is Cc1ccc2nc(-c3cccc(Br)c3)cn2c1. The van der Waals surface area contributed by atoms with Crippen LogP contribution < -0.4 is 0 Å². The summed E-state index contributed by atoms with van der Waals surface area (Å²) in [5.74, 6) is 0. The van der Waals surface area contributed by atoms with E-state index in [1.54, 1.807) is 0 Å². The van der Waals surface area contributed by atoms with Gasteiger partial charge in [0.25, 0.3) is 0 Å². The van der Waals surface area contributed by atoms with Crippen molar-refractivity contribution in [3.63, 3.8) is 0 Å². The lowest BCUT2D eigenvalue weighted by Crippen LogP contribution is -1.82. The molecule has 0 amide bonds. The van der Waals surface area contributed by atoms with E-state index >= 15 is 0 Å². The van der Waals surface area contributed by atoms with Gasteiger partial charge in [0.2, 0.25) is 0 Å². The van der Waals surface area contributed by atoms with Crippen molar-refractivity contribution in [1.82, 2.24) is 9.38 Å². The molecule has 0 aliphatic carbocycles. The minimum Gasteiger partial charge on any atom is -0.306 e. The quantitative estimate of drug-likeness (QED) is 0.659. The maximum Gasteiger partial charge on any atom is 0.137 e. The van der Waals surface area contributed by atoms with Gasteiger partial charge in [0.1, 0.15) is 5.65 Å². The Morgan fingerprint density at radius 3 is 2.82 bits per heavy atom. The highest BCUT2D eigenvalue weighted by Crippen LogP contribution is 2.22. The van der Waals surface area contributed by atoms with Gasteiger partial charge in [-0.3, -0.25) is 0 Å². The van der Waals surface area contributed by atoms with E-state index in [1.165, 1.54) is 5.56 Å². The first-order chi connectivity index (χ1) is 8.22. The van der Waals surface area contributed by atoms with E-state index in [2.05, 4.69) is 62.8 Å². The lowest BCUT2D eigenvalue weighted by Gasteiger charge is -1.95. The van der Waals surface area contributed by atoms with Crippen LogP contribution in [0, 0.1) is 6.92 Å². The molecule has 1 aromatic carbocycles. The van der Waals surface area contributed by atoms with E-state index in [4.69, 9.17) is 0 Å². The molecular weight excluding hydrogens is 276 g/mol. The Bertz CT molecular complexity index is 686. The fourth-order valence-electron chi connectivity index (χ4n) is 1.89. The number of aryl methyl sites for hydroxylation is 1. The number of halogens is 1. The van der Waals surface area contributed by atoms with Crippen LogP contribution in [0.4, 0.5) is 0 Å². The predicted octanol–water partition coefficient (Wildman–Crippen LogP) is 4.07. The van der Waals surface area contributed by atoms with Crippen molar-refractivity contribution < 1.29 is 0 Å². The number of hydrogen-bond donors (Lipinski definition) is 0. The molecule has 2 aromatic heterocycles. The van der Waals surface area contributed by atoms with E-state index in [0.29, 0.717) is 0 Å². The Morgan fingerprint density at radius 2 is 2.00 bits per heavy atom. The largest absolute Gasteiger partial charge is 0.306 e. The smallest absolute Gasteiger partial charge is 0.137 e. The summed E-state index contributed by atoms with van der Waals surface area (Å²) in [4.78, 5) is 4.61. The molecule has 17 heavy (non-hydrogen) atoms. The Balaban J connectivity index is 2.18. The first-order valence-corrected chi connectivity index (χ1v) is 6.23. The van der Waals surface area contributed by atoms with Crippen molar-refractivity contribution >= 4 is 21.6 Å². The monoisotopic (exact) mass is 286 g/mol. The summed E-state index contributed by atoms with van der Waals surface area (Å²) in [7, 11) is 0. The van der Waals surface area contributed by atoms with Gasteiger partial charge in [-0.1, -0.05) is 34.1 Å². The third kappa shape index (κ3) is 1.98.